The van der Waals surface area contributed by atoms with Crippen LogP contribution in [0.4, 0.5) is 0 Å². The minimum Gasteiger partial charge on any atom is -0.507 e. The zero-order valence-corrected chi connectivity index (χ0v) is 16.8. The zero-order valence-electron chi connectivity index (χ0n) is 16.8. The first kappa shape index (κ1) is 19.8. The lowest BCUT2D eigenvalue weighted by Gasteiger charge is -2.41. The number of hydrogen-bond acceptors (Lipinski definition) is 7. The molecule has 0 fully saturated rings. The summed E-state index contributed by atoms with van der Waals surface area (Å²) in [5, 5.41) is 32.9. The van der Waals surface area contributed by atoms with E-state index in [9.17, 15) is 24.9 Å². The first-order valence-corrected chi connectivity index (χ1v) is 8.99. The number of ketones is 1. The third kappa shape index (κ3) is 2.28. The van der Waals surface area contributed by atoms with Gasteiger partial charge in [-0.15, -0.1) is 0 Å². The maximum absolute atomic E-state index is 13.1. The summed E-state index contributed by atoms with van der Waals surface area (Å²) < 4.78 is 10.4. The molecule has 0 saturated carbocycles. The van der Waals surface area contributed by atoms with Crippen LogP contribution in [0.2, 0.25) is 0 Å². The van der Waals surface area contributed by atoms with E-state index in [2.05, 4.69) is 0 Å². The van der Waals surface area contributed by atoms with Crippen LogP contribution in [-0.4, -0.2) is 39.8 Å². The summed E-state index contributed by atoms with van der Waals surface area (Å²) in [5.41, 5.74) is -1.95. The number of phenolic OH excluding ortho intramolecular Hbond substituents is 3. The van der Waals surface area contributed by atoms with E-state index < -0.39 is 28.5 Å². The molecule has 2 aromatic carbocycles. The summed E-state index contributed by atoms with van der Waals surface area (Å²) in [6.45, 7) is 7.98. The molecule has 3 rings (SSSR count). The van der Waals surface area contributed by atoms with E-state index in [1.54, 1.807) is 13.0 Å². The Hall–Kier alpha value is -2.96. The van der Waals surface area contributed by atoms with Gasteiger partial charge < -0.3 is 24.8 Å². The van der Waals surface area contributed by atoms with Crippen LogP contribution >= 0.6 is 0 Å². The van der Waals surface area contributed by atoms with Gasteiger partial charge in [-0.25, -0.2) is 4.79 Å². The van der Waals surface area contributed by atoms with Gasteiger partial charge >= 0.3 is 5.97 Å². The fourth-order valence-electron chi connectivity index (χ4n) is 4.16. The number of hydrogen-bond donors (Lipinski definition) is 3. The van der Waals surface area contributed by atoms with Crippen LogP contribution in [-0.2, 0) is 26.2 Å². The Balaban J connectivity index is 2.49. The monoisotopic (exact) mass is 388 g/mol. The fraction of sp³-hybridized carbons (Fsp3) is 0.429. The van der Waals surface area contributed by atoms with Crippen molar-refractivity contribution in [2.75, 3.05) is 7.11 Å². The first-order chi connectivity index (χ1) is 12.9. The van der Waals surface area contributed by atoms with Gasteiger partial charge in [-0.2, -0.15) is 0 Å². The molecule has 1 heterocycles. The summed E-state index contributed by atoms with van der Waals surface area (Å²) in [6, 6.07) is 1.65. The molecule has 0 saturated heterocycles. The number of rotatable bonds is 2. The Kier molecular flexibility index (Phi) is 4.26. The highest BCUT2D eigenvalue weighted by Gasteiger charge is 2.58. The highest BCUT2D eigenvalue weighted by atomic mass is 16.6. The van der Waals surface area contributed by atoms with Gasteiger partial charge in [-0.1, -0.05) is 6.92 Å². The number of carbonyl (C=O) groups excluding carboxylic acids is 2. The number of ether oxygens (including phenoxy) is 2. The molecule has 1 aliphatic heterocycles. The molecule has 2 aromatic rings. The fourth-order valence-corrected chi connectivity index (χ4v) is 4.16. The van der Waals surface area contributed by atoms with Crippen molar-refractivity contribution in [3.8, 4) is 23.0 Å². The molecule has 0 aliphatic carbocycles. The molecule has 1 aliphatic rings. The van der Waals surface area contributed by atoms with Crippen LogP contribution in [0, 0.1) is 6.92 Å². The van der Waals surface area contributed by atoms with Crippen molar-refractivity contribution in [3.63, 3.8) is 0 Å². The standard InChI is InChI=1S/C21H24O7/c1-7-10-9(2)8-11-12(14(10)22)16(24)17-13(15(11)23)20(3,4)18(25)21(5,28-17)19(26)27-6/h8,22-24H,7H2,1-6H3. The molecule has 0 spiro atoms. The third-order valence-corrected chi connectivity index (χ3v) is 5.66. The second-order valence-corrected chi connectivity index (χ2v) is 7.78. The Labute approximate surface area is 162 Å². The van der Waals surface area contributed by atoms with Gasteiger partial charge in [0, 0.05) is 5.39 Å². The highest BCUT2D eigenvalue weighted by Crippen LogP contribution is 2.56. The van der Waals surface area contributed by atoms with E-state index in [0.717, 1.165) is 12.7 Å². The quantitative estimate of drug-likeness (QED) is 0.412. The Bertz CT molecular complexity index is 1040. The van der Waals surface area contributed by atoms with Gasteiger partial charge in [0.1, 0.15) is 11.5 Å². The summed E-state index contributed by atoms with van der Waals surface area (Å²) in [4.78, 5) is 25.4. The number of fused-ring (bicyclic) bond motifs is 2. The van der Waals surface area contributed by atoms with Crippen LogP contribution in [0.15, 0.2) is 6.07 Å². The lowest BCUT2D eigenvalue weighted by Crippen LogP contribution is -2.59. The Morgan fingerprint density at radius 1 is 1.14 bits per heavy atom. The van der Waals surface area contributed by atoms with Crippen molar-refractivity contribution < 1.29 is 34.4 Å². The molecule has 7 nitrogen and oxygen atoms in total. The van der Waals surface area contributed by atoms with Crippen LogP contribution in [0.25, 0.3) is 10.8 Å². The minimum atomic E-state index is -2.00. The van der Waals surface area contributed by atoms with Gasteiger partial charge in [0.05, 0.1) is 23.5 Å². The molecule has 28 heavy (non-hydrogen) atoms. The number of Topliss-reactive ketones (excluding diaryl/α,β-unsaturated/α-hetero) is 1. The molecular weight excluding hydrogens is 364 g/mol. The topological polar surface area (TPSA) is 113 Å². The third-order valence-electron chi connectivity index (χ3n) is 5.66. The molecule has 0 radical (unpaired) electrons. The SMILES string of the molecule is CCc1c(C)cc2c(O)c3c(c(O)c2c1O)OC(C)(C(=O)OC)C(=O)C3(C)C. The average molecular weight is 388 g/mol. The minimum absolute atomic E-state index is 0.0102. The molecule has 0 aromatic heterocycles. The maximum Gasteiger partial charge on any atom is 0.357 e. The predicted octanol–water partition coefficient (Wildman–Crippen LogP) is 3.00. The van der Waals surface area contributed by atoms with E-state index in [4.69, 9.17) is 9.47 Å². The smallest absolute Gasteiger partial charge is 0.357 e. The Morgan fingerprint density at radius 2 is 1.75 bits per heavy atom. The van der Waals surface area contributed by atoms with Crippen molar-refractivity contribution >= 4 is 22.5 Å². The van der Waals surface area contributed by atoms with Crippen molar-refractivity contribution in [2.24, 2.45) is 0 Å². The van der Waals surface area contributed by atoms with E-state index in [1.807, 2.05) is 6.92 Å². The van der Waals surface area contributed by atoms with Crippen molar-refractivity contribution in [3.05, 3.63) is 22.8 Å². The molecule has 0 bridgehead atoms. The summed E-state index contributed by atoms with van der Waals surface area (Å²) in [7, 11) is 1.13. The number of methoxy groups -OCH3 is 1. The second kappa shape index (κ2) is 6.02. The second-order valence-electron chi connectivity index (χ2n) is 7.78. The van der Waals surface area contributed by atoms with Crippen LogP contribution < -0.4 is 4.74 Å². The molecule has 0 amide bonds. The number of aromatic hydroxyl groups is 3. The highest BCUT2D eigenvalue weighted by molar-refractivity contribution is 6.15. The number of carbonyl (C=O) groups is 2. The van der Waals surface area contributed by atoms with Crippen LogP contribution in [0.5, 0.6) is 23.0 Å². The van der Waals surface area contributed by atoms with Crippen molar-refractivity contribution in [1.29, 1.82) is 0 Å². The van der Waals surface area contributed by atoms with Crippen LogP contribution in [0.3, 0.4) is 0 Å². The molecule has 1 unspecified atom stereocenters. The van der Waals surface area contributed by atoms with Gasteiger partial charge in [-0.05, 0) is 51.3 Å². The summed E-state index contributed by atoms with van der Waals surface area (Å²) >= 11 is 0. The number of phenols is 3. The van der Waals surface area contributed by atoms with Crippen molar-refractivity contribution in [1.82, 2.24) is 0 Å². The first-order valence-electron chi connectivity index (χ1n) is 8.99. The number of benzene rings is 2. The van der Waals surface area contributed by atoms with Gasteiger partial charge in [-0.3, -0.25) is 4.79 Å². The van der Waals surface area contributed by atoms with Gasteiger partial charge in [0.25, 0.3) is 5.60 Å². The maximum atomic E-state index is 13.1. The molecule has 7 heteroatoms. The lowest BCUT2D eigenvalue weighted by molar-refractivity contribution is -0.167. The van der Waals surface area contributed by atoms with Crippen LogP contribution in [0.1, 0.15) is 44.4 Å². The predicted molar refractivity (Wildman–Crippen MR) is 102 cm³/mol. The number of aryl methyl sites for hydroxylation is 1. The Morgan fingerprint density at radius 3 is 2.29 bits per heavy atom. The van der Waals surface area contributed by atoms with Gasteiger partial charge in [0.2, 0.25) is 0 Å². The molecule has 150 valence electrons. The zero-order chi connectivity index (χ0) is 21.2. The summed E-state index contributed by atoms with van der Waals surface area (Å²) in [6.07, 6.45) is 0.510. The average Bonchev–Trinajstić information content (AvgIpc) is 2.63. The molecule has 3 N–H and O–H groups in total. The van der Waals surface area contributed by atoms with Crippen molar-refractivity contribution in [2.45, 2.75) is 52.1 Å². The number of esters is 1. The van der Waals surface area contributed by atoms with E-state index in [0.29, 0.717) is 12.0 Å². The molecular formula is C21H24O7. The lowest BCUT2D eigenvalue weighted by atomic mass is 9.70. The molecule has 1 atom stereocenters. The van der Waals surface area contributed by atoms with E-state index in [1.165, 1.54) is 20.8 Å². The largest absolute Gasteiger partial charge is 0.507 e. The normalized spacial score (nSPS) is 20.6. The summed E-state index contributed by atoms with van der Waals surface area (Å²) in [5.74, 6) is -2.65. The van der Waals surface area contributed by atoms with E-state index in [-0.39, 0.29) is 33.6 Å². The van der Waals surface area contributed by atoms with E-state index >= 15 is 0 Å². The van der Waals surface area contributed by atoms with Gasteiger partial charge in [0.15, 0.2) is 17.3 Å².